The number of imidazole rings is 1. The molecule has 0 atom stereocenters. The van der Waals surface area contributed by atoms with E-state index in [0.29, 0.717) is 5.69 Å². The van der Waals surface area contributed by atoms with Crippen LogP contribution in [0.25, 0.3) is 0 Å². The molecule has 0 bridgehead atoms. The lowest BCUT2D eigenvalue weighted by molar-refractivity contribution is 0.119. The number of H-pyrrole nitrogens is 1. The highest BCUT2D eigenvalue weighted by Gasteiger charge is 2.43. The summed E-state index contributed by atoms with van der Waals surface area (Å²) in [5, 5.41) is -2.14. The van der Waals surface area contributed by atoms with Crippen molar-refractivity contribution in [1.29, 1.82) is 0 Å². The highest BCUT2D eigenvalue weighted by molar-refractivity contribution is 7.70. The maximum atomic E-state index is 10.9. The van der Waals surface area contributed by atoms with E-state index in [-0.39, 0.29) is 6.61 Å². The fraction of sp³-hybridized carbons (Fsp3) is 0.500. The quantitative estimate of drug-likeness (QED) is 0.443. The molecular formula is C6H12N2O7P2. The van der Waals surface area contributed by atoms with Gasteiger partial charge in [-0.25, -0.2) is 4.98 Å². The van der Waals surface area contributed by atoms with Crippen molar-refractivity contribution in [3.8, 4) is 0 Å². The monoisotopic (exact) mass is 286 g/mol. The minimum atomic E-state index is -4.92. The SMILES string of the molecule is O=P(O)(O)C(COCc1cnc[nH]1)P(=O)(O)O. The molecule has 1 aromatic rings. The third kappa shape index (κ3) is 4.69. The highest BCUT2D eigenvalue weighted by atomic mass is 31.2. The number of nitrogens with zero attached hydrogens (tertiary/aromatic N) is 1. The molecule has 0 spiro atoms. The third-order valence-corrected chi connectivity index (χ3v) is 5.51. The molecule has 17 heavy (non-hydrogen) atoms. The van der Waals surface area contributed by atoms with Gasteiger partial charge in [0.25, 0.3) is 0 Å². The standard InChI is InChI=1S/C6H12N2O7P2/c9-16(10,11)6(17(12,13)14)3-15-2-5-1-7-4-8-5/h1,4,6H,2-3H2,(H,7,8)(H2,9,10,11)(H2,12,13,14). The molecule has 0 fully saturated rings. The highest BCUT2D eigenvalue weighted by Crippen LogP contribution is 2.59. The first-order valence-electron chi connectivity index (χ1n) is 4.36. The first kappa shape index (κ1) is 14.5. The van der Waals surface area contributed by atoms with Crippen molar-refractivity contribution < 1.29 is 33.4 Å². The molecule has 1 heterocycles. The molecule has 0 aliphatic rings. The number of ether oxygens (including phenoxy) is 1. The molecule has 5 N–H and O–H groups in total. The molecule has 11 heteroatoms. The van der Waals surface area contributed by atoms with E-state index >= 15 is 0 Å². The van der Waals surface area contributed by atoms with Gasteiger partial charge in [-0.15, -0.1) is 0 Å². The van der Waals surface area contributed by atoms with Crippen molar-refractivity contribution in [3.05, 3.63) is 18.2 Å². The van der Waals surface area contributed by atoms with Gasteiger partial charge < -0.3 is 29.3 Å². The van der Waals surface area contributed by atoms with Crippen LogP contribution in [0.2, 0.25) is 0 Å². The first-order chi connectivity index (χ1) is 7.71. The number of nitrogens with one attached hydrogen (secondary N) is 1. The number of aromatic nitrogens is 2. The van der Waals surface area contributed by atoms with E-state index in [1.54, 1.807) is 0 Å². The van der Waals surface area contributed by atoms with Crippen LogP contribution in [0.4, 0.5) is 0 Å². The molecule has 98 valence electrons. The summed E-state index contributed by atoms with van der Waals surface area (Å²) < 4.78 is 26.6. The Kier molecular flexibility index (Phi) is 4.62. The minimum absolute atomic E-state index is 0.0729. The topological polar surface area (TPSA) is 153 Å². The molecule has 0 aliphatic heterocycles. The molecule has 9 nitrogen and oxygen atoms in total. The Balaban J connectivity index is 2.57. The van der Waals surface area contributed by atoms with E-state index in [1.807, 2.05) is 0 Å². The lowest BCUT2D eigenvalue weighted by atomic mass is 10.5. The first-order valence-corrected chi connectivity index (χ1v) is 7.73. The van der Waals surface area contributed by atoms with Crippen LogP contribution in [-0.4, -0.2) is 41.5 Å². The minimum Gasteiger partial charge on any atom is -0.374 e. The average molecular weight is 286 g/mol. The average Bonchev–Trinajstić information content (AvgIpc) is 2.60. The van der Waals surface area contributed by atoms with Crippen molar-refractivity contribution in [2.75, 3.05) is 6.61 Å². The normalized spacial score (nSPS) is 13.2. The van der Waals surface area contributed by atoms with E-state index in [4.69, 9.17) is 24.3 Å². The molecule has 0 amide bonds. The van der Waals surface area contributed by atoms with Gasteiger partial charge in [-0.1, -0.05) is 0 Å². The Morgan fingerprint density at radius 2 is 1.88 bits per heavy atom. The predicted octanol–water partition coefficient (Wildman–Crippen LogP) is -0.392. The van der Waals surface area contributed by atoms with E-state index in [0.717, 1.165) is 0 Å². The summed E-state index contributed by atoms with van der Waals surface area (Å²) >= 11 is 0. The number of hydrogen-bond donors (Lipinski definition) is 5. The Bertz CT molecular complexity index is 413. The zero-order valence-corrected chi connectivity index (χ0v) is 10.3. The van der Waals surface area contributed by atoms with Crippen LogP contribution in [0.5, 0.6) is 0 Å². The van der Waals surface area contributed by atoms with Crippen LogP contribution in [0.1, 0.15) is 5.69 Å². The van der Waals surface area contributed by atoms with Gasteiger partial charge in [0.1, 0.15) is 0 Å². The van der Waals surface area contributed by atoms with Crippen molar-refractivity contribution in [1.82, 2.24) is 9.97 Å². The Hall–Kier alpha value is -0.530. The number of rotatable bonds is 6. The second-order valence-corrected chi connectivity index (χ2v) is 7.26. The summed E-state index contributed by atoms with van der Waals surface area (Å²) in [6, 6.07) is 0. The maximum absolute atomic E-state index is 10.9. The lowest BCUT2D eigenvalue weighted by Crippen LogP contribution is -2.16. The molecule has 0 saturated carbocycles. The predicted molar refractivity (Wildman–Crippen MR) is 56.1 cm³/mol. The smallest absolute Gasteiger partial charge is 0.343 e. The van der Waals surface area contributed by atoms with Crippen LogP contribution in [0.15, 0.2) is 12.5 Å². The Morgan fingerprint density at radius 1 is 1.29 bits per heavy atom. The second kappa shape index (κ2) is 5.41. The van der Waals surface area contributed by atoms with Crippen molar-refractivity contribution in [2.24, 2.45) is 0 Å². The summed E-state index contributed by atoms with van der Waals surface area (Å²) in [4.78, 5) is 41.5. The summed E-state index contributed by atoms with van der Waals surface area (Å²) in [5.74, 6) is 0. The number of hydrogen-bond acceptors (Lipinski definition) is 4. The maximum Gasteiger partial charge on any atom is 0.343 e. The van der Waals surface area contributed by atoms with Gasteiger partial charge in [0.05, 0.1) is 31.4 Å². The van der Waals surface area contributed by atoms with Crippen molar-refractivity contribution in [2.45, 2.75) is 12.0 Å². The fourth-order valence-corrected chi connectivity index (χ4v) is 3.19. The molecule has 0 unspecified atom stereocenters. The van der Waals surface area contributed by atoms with E-state index in [9.17, 15) is 9.13 Å². The van der Waals surface area contributed by atoms with E-state index < -0.39 is 27.2 Å². The van der Waals surface area contributed by atoms with Crippen LogP contribution in [-0.2, 0) is 20.5 Å². The van der Waals surface area contributed by atoms with Gasteiger partial charge in [-0.2, -0.15) is 0 Å². The summed E-state index contributed by atoms with van der Waals surface area (Å²) in [6.07, 6.45) is 2.80. The van der Waals surface area contributed by atoms with Gasteiger partial charge >= 0.3 is 15.2 Å². The van der Waals surface area contributed by atoms with E-state index in [1.165, 1.54) is 12.5 Å². The molecule has 1 rings (SSSR count). The number of aromatic amines is 1. The molecule has 0 aliphatic carbocycles. The molecule has 1 aromatic heterocycles. The molecule has 0 aromatic carbocycles. The fourth-order valence-electron chi connectivity index (χ4n) is 1.03. The summed E-state index contributed by atoms with van der Waals surface area (Å²) in [7, 11) is -9.84. The van der Waals surface area contributed by atoms with Gasteiger partial charge in [-0.05, 0) is 0 Å². The van der Waals surface area contributed by atoms with Crippen LogP contribution in [0, 0.1) is 0 Å². The van der Waals surface area contributed by atoms with Crippen LogP contribution in [0.3, 0.4) is 0 Å². The van der Waals surface area contributed by atoms with Crippen LogP contribution < -0.4 is 0 Å². The lowest BCUT2D eigenvalue weighted by Gasteiger charge is -2.19. The van der Waals surface area contributed by atoms with E-state index in [2.05, 4.69) is 9.97 Å². The summed E-state index contributed by atoms with van der Waals surface area (Å²) in [6.45, 7) is -0.815. The largest absolute Gasteiger partial charge is 0.374 e. The molecule has 0 radical (unpaired) electrons. The van der Waals surface area contributed by atoms with Crippen molar-refractivity contribution >= 4 is 15.2 Å². The van der Waals surface area contributed by atoms with Crippen molar-refractivity contribution in [3.63, 3.8) is 0 Å². The zero-order chi connectivity index (χ0) is 13.1. The Labute approximate surface area is 96.2 Å². The zero-order valence-electron chi connectivity index (χ0n) is 8.50. The Morgan fingerprint density at radius 3 is 2.29 bits per heavy atom. The van der Waals surface area contributed by atoms with Gasteiger partial charge in [0, 0.05) is 0 Å². The van der Waals surface area contributed by atoms with Gasteiger partial charge in [0.15, 0.2) is 5.40 Å². The molecular weight excluding hydrogens is 274 g/mol. The summed E-state index contributed by atoms with van der Waals surface area (Å²) in [5.41, 5.74) is 0.528. The van der Waals surface area contributed by atoms with Gasteiger partial charge in [-0.3, -0.25) is 9.13 Å². The second-order valence-electron chi connectivity index (χ2n) is 3.25. The molecule has 0 saturated heterocycles. The third-order valence-electron chi connectivity index (χ3n) is 1.86. The van der Waals surface area contributed by atoms with Crippen LogP contribution >= 0.6 is 15.2 Å². The van der Waals surface area contributed by atoms with Gasteiger partial charge in [0.2, 0.25) is 0 Å².